The summed E-state index contributed by atoms with van der Waals surface area (Å²) in [5.41, 5.74) is -0.924. The molecule has 0 saturated carbocycles. The van der Waals surface area contributed by atoms with Crippen molar-refractivity contribution in [2.75, 3.05) is 13.1 Å². The van der Waals surface area contributed by atoms with Crippen molar-refractivity contribution in [3.8, 4) is 0 Å². The van der Waals surface area contributed by atoms with Gasteiger partial charge >= 0.3 is 0 Å². The molecule has 1 N–H and O–H groups in total. The second kappa shape index (κ2) is 2.81. The Morgan fingerprint density at radius 3 is 2.73 bits per heavy atom. The molecule has 0 radical (unpaired) electrons. The highest BCUT2D eigenvalue weighted by Gasteiger charge is 2.55. The third-order valence-corrected chi connectivity index (χ3v) is 4.65. The van der Waals surface area contributed by atoms with Crippen LogP contribution in [0.2, 0.25) is 0 Å². The van der Waals surface area contributed by atoms with Gasteiger partial charge in [-0.1, -0.05) is 0 Å². The molecule has 0 amide bonds. The van der Waals surface area contributed by atoms with E-state index in [9.17, 15) is 8.42 Å². The smallest absolute Gasteiger partial charge is 0.267 e. The molecule has 1 aromatic rings. The number of imidazole rings is 1. The van der Waals surface area contributed by atoms with E-state index in [1.165, 1.54) is 18.7 Å². The summed E-state index contributed by atoms with van der Waals surface area (Å²) < 4.78 is 30.3. The molecule has 3 heterocycles. The van der Waals surface area contributed by atoms with Crippen LogP contribution < -0.4 is 5.32 Å². The number of hydrogen-bond acceptors (Lipinski definition) is 5. The summed E-state index contributed by atoms with van der Waals surface area (Å²) >= 11 is 0. The molecular formula is C8H11N3O3S. The minimum Gasteiger partial charge on any atom is -0.351 e. The molecule has 2 aliphatic rings. The lowest BCUT2D eigenvalue weighted by molar-refractivity contribution is -0.194. The van der Waals surface area contributed by atoms with Crippen molar-refractivity contribution in [3.63, 3.8) is 0 Å². The molecule has 0 aromatic carbocycles. The van der Waals surface area contributed by atoms with E-state index in [1.807, 2.05) is 0 Å². The zero-order valence-corrected chi connectivity index (χ0v) is 8.77. The SMILES string of the molecule is O=S(=O)(C1CC2(CNC2)O1)n1ccnc1. The van der Waals surface area contributed by atoms with Gasteiger partial charge in [-0.25, -0.2) is 17.4 Å². The first-order chi connectivity index (χ1) is 7.12. The average Bonchev–Trinajstić information content (AvgIpc) is 2.48. The number of rotatable bonds is 2. The third-order valence-electron chi connectivity index (χ3n) is 2.92. The van der Waals surface area contributed by atoms with Gasteiger partial charge in [0.2, 0.25) is 0 Å². The van der Waals surface area contributed by atoms with E-state index in [1.54, 1.807) is 0 Å². The van der Waals surface area contributed by atoms with Gasteiger partial charge in [0, 0.05) is 31.9 Å². The van der Waals surface area contributed by atoms with Crippen LogP contribution in [0.15, 0.2) is 18.7 Å². The molecule has 3 rings (SSSR count). The molecule has 0 aliphatic carbocycles. The van der Waals surface area contributed by atoms with Crippen LogP contribution in [0.4, 0.5) is 0 Å². The molecular weight excluding hydrogens is 218 g/mol. The van der Waals surface area contributed by atoms with Crippen LogP contribution in [0, 0.1) is 0 Å². The maximum absolute atomic E-state index is 11.9. The van der Waals surface area contributed by atoms with Gasteiger partial charge in [0.1, 0.15) is 6.33 Å². The van der Waals surface area contributed by atoms with Gasteiger partial charge in [-0.15, -0.1) is 0 Å². The maximum Gasteiger partial charge on any atom is 0.267 e. The highest BCUT2D eigenvalue weighted by molar-refractivity contribution is 7.90. The highest BCUT2D eigenvalue weighted by atomic mass is 32.2. The highest BCUT2D eigenvalue weighted by Crippen LogP contribution is 2.38. The summed E-state index contributed by atoms with van der Waals surface area (Å²) in [4.78, 5) is 3.72. The quantitative estimate of drug-likeness (QED) is 0.715. The van der Waals surface area contributed by atoms with Gasteiger partial charge in [0.25, 0.3) is 10.0 Å². The number of nitrogens with one attached hydrogen (secondary N) is 1. The fourth-order valence-corrected chi connectivity index (χ4v) is 3.43. The summed E-state index contributed by atoms with van der Waals surface area (Å²) in [6, 6.07) is 0. The summed E-state index contributed by atoms with van der Waals surface area (Å²) in [6.07, 6.45) is 4.71. The monoisotopic (exact) mass is 229 g/mol. The van der Waals surface area contributed by atoms with Crippen LogP contribution in [0.5, 0.6) is 0 Å². The Morgan fingerprint density at radius 1 is 1.53 bits per heavy atom. The predicted octanol–water partition coefficient (Wildman–Crippen LogP) is -0.851. The molecule has 7 heteroatoms. The number of aromatic nitrogens is 2. The Balaban J connectivity index is 1.79. The first-order valence-electron chi connectivity index (χ1n) is 4.73. The van der Waals surface area contributed by atoms with E-state index in [0.29, 0.717) is 6.42 Å². The van der Waals surface area contributed by atoms with Crippen LogP contribution in [0.25, 0.3) is 0 Å². The lowest BCUT2D eigenvalue weighted by atomic mass is 9.88. The first kappa shape index (κ1) is 9.32. The summed E-state index contributed by atoms with van der Waals surface area (Å²) in [7, 11) is -3.40. The summed E-state index contributed by atoms with van der Waals surface area (Å²) in [5.74, 6) is 0. The lowest BCUT2D eigenvalue weighted by Gasteiger charge is -2.52. The Labute approximate surface area is 87.3 Å². The van der Waals surface area contributed by atoms with Crippen molar-refractivity contribution >= 4 is 10.0 Å². The van der Waals surface area contributed by atoms with Gasteiger partial charge in [0.15, 0.2) is 5.44 Å². The van der Waals surface area contributed by atoms with E-state index in [4.69, 9.17) is 4.74 Å². The van der Waals surface area contributed by atoms with Crippen LogP contribution in [-0.2, 0) is 14.8 Å². The zero-order valence-electron chi connectivity index (χ0n) is 7.96. The van der Waals surface area contributed by atoms with E-state index in [-0.39, 0.29) is 5.60 Å². The standard InChI is InChI=1S/C8H11N3O3S/c12-15(13,11-2-1-9-6-11)7-3-8(14-7)4-10-5-8/h1-2,6-7,10H,3-5H2. The minimum atomic E-state index is -3.40. The number of hydrogen-bond donors (Lipinski definition) is 1. The van der Waals surface area contributed by atoms with Crippen molar-refractivity contribution in [3.05, 3.63) is 18.7 Å². The Hall–Kier alpha value is -0.920. The van der Waals surface area contributed by atoms with Crippen LogP contribution in [0.1, 0.15) is 6.42 Å². The van der Waals surface area contributed by atoms with E-state index < -0.39 is 15.5 Å². The fraction of sp³-hybridized carbons (Fsp3) is 0.625. The number of ether oxygens (including phenoxy) is 1. The largest absolute Gasteiger partial charge is 0.351 e. The molecule has 2 saturated heterocycles. The second-order valence-electron chi connectivity index (χ2n) is 3.98. The Kier molecular flexibility index (Phi) is 1.74. The Morgan fingerprint density at radius 2 is 2.27 bits per heavy atom. The first-order valence-corrected chi connectivity index (χ1v) is 6.24. The molecule has 1 aromatic heterocycles. The molecule has 15 heavy (non-hydrogen) atoms. The molecule has 0 bridgehead atoms. The summed E-state index contributed by atoms with van der Waals surface area (Å²) in [5, 5.41) is 3.07. The van der Waals surface area contributed by atoms with Gasteiger partial charge in [-0.05, 0) is 0 Å². The molecule has 1 atom stereocenters. The van der Waals surface area contributed by atoms with Gasteiger partial charge < -0.3 is 10.1 Å². The average molecular weight is 229 g/mol. The van der Waals surface area contributed by atoms with Crippen LogP contribution in [0.3, 0.4) is 0 Å². The zero-order chi connectivity index (χ0) is 10.5. The second-order valence-corrected chi connectivity index (χ2v) is 5.95. The van der Waals surface area contributed by atoms with Crippen molar-refractivity contribution in [1.82, 2.24) is 14.3 Å². The van der Waals surface area contributed by atoms with Crippen LogP contribution >= 0.6 is 0 Å². The van der Waals surface area contributed by atoms with E-state index in [2.05, 4.69) is 10.3 Å². The topological polar surface area (TPSA) is 73.2 Å². The minimum absolute atomic E-state index is 0.210. The molecule has 2 aliphatic heterocycles. The number of nitrogens with zero attached hydrogens (tertiary/aromatic N) is 2. The lowest BCUT2D eigenvalue weighted by Crippen LogP contribution is -2.71. The molecule has 6 nitrogen and oxygen atoms in total. The van der Waals surface area contributed by atoms with Gasteiger partial charge in [-0.2, -0.15) is 0 Å². The molecule has 1 spiro atoms. The third kappa shape index (κ3) is 1.23. The molecule has 1 unspecified atom stereocenters. The van der Waals surface area contributed by atoms with Crippen molar-refractivity contribution in [2.45, 2.75) is 17.5 Å². The predicted molar refractivity (Wildman–Crippen MR) is 51.6 cm³/mol. The van der Waals surface area contributed by atoms with E-state index in [0.717, 1.165) is 17.1 Å². The van der Waals surface area contributed by atoms with Crippen molar-refractivity contribution in [2.24, 2.45) is 0 Å². The normalized spacial score (nSPS) is 28.4. The summed E-state index contributed by atoms with van der Waals surface area (Å²) in [6.45, 7) is 1.51. The molecule has 2 fully saturated rings. The van der Waals surface area contributed by atoms with Crippen molar-refractivity contribution in [1.29, 1.82) is 0 Å². The Bertz CT molecular complexity index is 455. The van der Waals surface area contributed by atoms with Gasteiger partial charge in [-0.3, -0.25) is 0 Å². The molecule has 82 valence electrons. The van der Waals surface area contributed by atoms with Gasteiger partial charge in [0.05, 0.1) is 5.60 Å². The maximum atomic E-state index is 11.9. The van der Waals surface area contributed by atoms with Crippen LogP contribution in [-0.4, -0.2) is 41.5 Å². The fourth-order valence-electron chi connectivity index (χ4n) is 1.90. The van der Waals surface area contributed by atoms with E-state index >= 15 is 0 Å². The van der Waals surface area contributed by atoms with Crippen molar-refractivity contribution < 1.29 is 13.2 Å².